The normalized spacial score (nSPS) is 19.2. The van der Waals surface area contributed by atoms with E-state index in [0.717, 1.165) is 70.8 Å². The predicted octanol–water partition coefficient (Wildman–Crippen LogP) is 4.64. The van der Waals surface area contributed by atoms with E-state index in [0.29, 0.717) is 19.1 Å². The zero-order valence-electron chi connectivity index (χ0n) is 22.3. The van der Waals surface area contributed by atoms with E-state index in [1.165, 1.54) is 30.4 Å². The van der Waals surface area contributed by atoms with Gasteiger partial charge in [-0.2, -0.15) is 0 Å². The van der Waals surface area contributed by atoms with Crippen molar-refractivity contribution in [3.8, 4) is 5.75 Å². The summed E-state index contributed by atoms with van der Waals surface area (Å²) in [6.07, 6.45) is 10.6. The van der Waals surface area contributed by atoms with Crippen LogP contribution in [0.15, 0.2) is 48.8 Å². The first-order chi connectivity index (χ1) is 17.6. The van der Waals surface area contributed by atoms with Gasteiger partial charge in [0.1, 0.15) is 12.4 Å². The van der Waals surface area contributed by atoms with E-state index in [9.17, 15) is 4.79 Å². The zero-order valence-corrected chi connectivity index (χ0v) is 22.3. The Morgan fingerprint density at radius 2 is 1.75 bits per heavy atom. The van der Waals surface area contributed by atoms with Crippen molar-refractivity contribution < 1.29 is 9.53 Å². The van der Waals surface area contributed by atoms with Gasteiger partial charge in [0.05, 0.1) is 6.54 Å². The Labute approximate surface area is 217 Å². The van der Waals surface area contributed by atoms with Crippen molar-refractivity contribution in [2.24, 2.45) is 5.41 Å². The Hall–Kier alpha value is -2.44. The third-order valence-electron chi connectivity index (χ3n) is 8.19. The van der Waals surface area contributed by atoms with Gasteiger partial charge in [-0.15, -0.1) is 0 Å². The number of aromatic nitrogens is 1. The molecule has 1 aromatic carbocycles. The smallest absolute Gasteiger partial charge is 0.236 e. The molecule has 36 heavy (non-hydrogen) atoms. The number of para-hydroxylation sites is 1. The van der Waals surface area contributed by atoms with E-state index in [1.807, 2.05) is 12.4 Å². The summed E-state index contributed by atoms with van der Waals surface area (Å²) in [5.41, 5.74) is 2.86. The van der Waals surface area contributed by atoms with Crippen LogP contribution in [0.25, 0.3) is 0 Å². The molecule has 0 N–H and O–H groups in total. The minimum absolute atomic E-state index is 0.248. The molecule has 1 amide bonds. The molecule has 1 spiro atoms. The molecule has 6 nitrogen and oxygen atoms in total. The van der Waals surface area contributed by atoms with E-state index in [4.69, 9.17) is 4.74 Å². The predicted molar refractivity (Wildman–Crippen MR) is 145 cm³/mol. The Balaban J connectivity index is 1.47. The molecule has 2 aromatic rings. The number of amides is 1. The number of likely N-dealkylation sites (N-methyl/N-ethyl adjacent to an activating group) is 1. The number of benzene rings is 1. The number of nitrogens with zero attached hydrogens (tertiary/aromatic N) is 4. The maximum Gasteiger partial charge on any atom is 0.236 e. The van der Waals surface area contributed by atoms with E-state index < -0.39 is 0 Å². The molecule has 4 rings (SSSR count). The summed E-state index contributed by atoms with van der Waals surface area (Å²) in [6.45, 7) is 12.0. The van der Waals surface area contributed by atoms with Gasteiger partial charge in [0.25, 0.3) is 0 Å². The molecule has 1 aromatic heterocycles. The summed E-state index contributed by atoms with van der Waals surface area (Å²) in [7, 11) is 0. The number of carbonyl (C=O) groups excluding carboxylic acids is 1. The number of piperidine rings is 1. The van der Waals surface area contributed by atoms with Crippen molar-refractivity contribution in [1.82, 2.24) is 19.7 Å². The maximum absolute atomic E-state index is 13.0. The lowest BCUT2D eigenvalue weighted by Gasteiger charge is -2.45. The Morgan fingerprint density at radius 3 is 2.50 bits per heavy atom. The first-order valence-corrected chi connectivity index (χ1v) is 13.9. The second-order valence-electron chi connectivity index (χ2n) is 10.6. The summed E-state index contributed by atoms with van der Waals surface area (Å²) in [4.78, 5) is 24.1. The molecule has 196 valence electrons. The molecular weight excluding hydrogens is 448 g/mol. The lowest BCUT2D eigenvalue weighted by molar-refractivity contribution is -0.135. The summed E-state index contributed by atoms with van der Waals surface area (Å²) in [5, 5.41) is 0. The fraction of sp³-hybridized carbons (Fsp3) is 0.600. The Bertz CT molecular complexity index is 939. The molecule has 0 unspecified atom stereocenters. The molecule has 0 saturated carbocycles. The van der Waals surface area contributed by atoms with Crippen LogP contribution in [0.2, 0.25) is 0 Å². The molecule has 1 fully saturated rings. The molecule has 0 radical (unpaired) electrons. The quantitative estimate of drug-likeness (QED) is 0.588. The standard InChI is InChI=1S/C30H44N4O2/c1-3-32(4-2)24-29(35)34-19-15-30(16-20-34)14-8-7-10-27-9-5-6-11-28(27)36-22-21-33(25-30)23-26-12-17-31-18-13-26/h5-6,9,11-13,17-18H,3-4,7-8,10,14-16,19-25H2,1-2H3. The number of fused-ring (bicyclic) bond motifs is 1. The van der Waals surface area contributed by atoms with E-state index >= 15 is 0 Å². The molecule has 0 bridgehead atoms. The van der Waals surface area contributed by atoms with Gasteiger partial charge in [0.15, 0.2) is 0 Å². The van der Waals surface area contributed by atoms with E-state index in [2.05, 4.69) is 69.9 Å². The highest BCUT2D eigenvalue weighted by atomic mass is 16.5. The molecule has 0 aliphatic carbocycles. The van der Waals surface area contributed by atoms with Gasteiger partial charge in [-0.3, -0.25) is 19.6 Å². The molecular formula is C30H44N4O2. The molecule has 3 heterocycles. The van der Waals surface area contributed by atoms with Gasteiger partial charge in [-0.25, -0.2) is 0 Å². The number of ether oxygens (including phenoxy) is 1. The van der Waals surface area contributed by atoms with Crippen LogP contribution in [0.5, 0.6) is 5.75 Å². The highest BCUT2D eigenvalue weighted by Gasteiger charge is 2.37. The van der Waals surface area contributed by atoms with Gasteiger partial charge in [-0.1, -0.05) is 38.5 Å². The van der Waals surface area contributed by atoms with Crippen LogP contribution in [0, 0.1) is 5.41 Å². The first-order valence-electron chi connectivity index (χ1n) is 13.9. The number of hydrogen-bond acceptors (Lipinski definition) is 5. The Morgan fingerprint density at radius 1 is 1.00 bits per heavy atom. The number of rotatable bonds is 6. The van der Waals surface area contributed by atoms with Crippen LogP contribution in [0.3, 0.4) is 0 Å². The third kappa shape index (κ3) is 7.30. The highest BCUT2D eigenvalue weighted by Crippen LogP contribution is 2.38. The molecule has 6 heteroatoms. The number of likely N-dealkylation sites (tertiary alicyclic amines) is 1. The number of pyridine rings is 1. The van der Waals surface area contributed by atoms with Gasteiger partial charge in [0.2, 0.25) is 5.91 Å². The van der Waals surface area contributed by atoms with Gasteiger partial charge in [-0.05, 0) is 79.9 Å². The van der Waals surface area contributed by atoms with Crippen molar-refractivity contribution in [2.75, 3.05) is 52.4 Å². The molecule has 2 aliphatic rings. The first kappa shape index (κ1) is 26.6. The van der Waals surface area contributed by atoms with Crippen molar-refractivity contribution in [2.45, 2.75) is 58.9 Å². The fourth-order valence-electron chi connectivity index (χ4n) is 5.84. The van der Waals surface area contributed by atoms with Crippen LogP contribution in [0.4, 0.5) is 0 Å². The monoisotopic (exact) mass is 492 g/mol. The molecule has 1 saturated heterocycles. The average Bonchev–Trinajstić information content (AvgIpc) is 2.90. The lowest BCUT2D eigenvalue weighted by Crippen LogP contribution is -2.50. The fourth-order valence-corrected chi connectivity index (χ4v) is 5.84. The van der Waals surface area contributed by atoms with Crippen molar-refractivity contribution in [3.63, 3.8) is 0 Å². The summed E-state index contributed by atoms with van der Waals surface area (Å²) < 4.78 is 6.30. The minimum Gasteiger partial charge on any atom is -0.492 e. The van der Waals surface area contributed by atoms with Gasteiger partial charge < -0.3 is 9.64 Å². The summed E-state index contributed by atoms with van der Waals surface area (Å²) in [5.74, 6) is 1.33. The second kappa shape index (κ2) is 13.2. The number of carbonyl (C=O) groups is 1. The molecule has 2 aliphatic heterocycles. The van der Waals surface area contributed by atoms with Crippen LogP contribution < -0.4 is 4.74 Å². The zero-order chi connectivity index (χ0) is 25.2. The van der Waals surface area contributed by atoms with Crippen LogP contribution in [0.1, 0.15) is 57.1 Å². The SMILES string of the molecule is CCN(CC)CC(=O)N1CCC2(CCCCc3ccccc3OCCN(Cc3ccncc3)C2)CC1. The average molecular weight is 493 g/mol. The van der Waals surface area contributed by atoms with Crippen molar-refractivity contribution >= 4 is 5.91 Å². The van der Waals surface area contributed by atoms with Crippen molar-refractivity contribution in [3.05, 3.63) is 59.9 Å². The van der Waals surface area contributed by atoms with Crippen LogP contribution >= 0.6 is 0 Å². The largest absolute Gasteiger partial charge is 0.492 e. The van der Waals surface area contributed by atoms with Crippen LogP contribution in [-0.4, -0.2) is 78.0 Å². The third-order valence-corrected chi connectivity index (χ3v) is 8.19. The summed E-state index contributed by atoms with van der Waals surface area (Å²) in [6, 6.07) is 12.8. The number of aryl methyl sites for hydroxylation is 1. The highest BCUT2D eigenvalue weighted by molar-refractivity contribution is 5.78. The van der Waals surface area contributed by atoms with E-state index in [-0.39, 0.29) is 5.41 Å². The van der Waals surface area contributed by atoms with Gasteiger partial charge >= 0.3 is 0 Å². The Kier molecular flexibility index (Phi) is 9.76. The topological polar surface area (TPSA) is 48.9 Å². The molecule has 0 atom stereocenters. The van der Waals surface area contributed by atoms with Gasteiger partial charge in [0, 0.05) is 45.1 Å². The minimum atomic E-state index is 0.248. The number of hydrogen-bond donors (Lipinski definition) is 0. The second-order valence-corrected chi connectivity index (χ2v) is 10.6. The van der Waals surface area contributed by atoms with E-state index in [1.54, 1.807) is 0 Å². The summed E-state index contributed by atoms with van der Waals surface area (Å²) >= 11 is 0. The van der Waals surface area contributed by atoms with Crippen LogP contribution in [-0.2, 0) is 17.8 Å². The lowest BCUT2D eigenvalue weighted by atomic mass is 9.73. The van der Waals surface area contributed by atoms with Crippen molar-refractivity contribution in [1.29, 1.82) is 0 Å². The maximum atomic E-state index is 13.0.